The van der Waals surface area contributed by atoms with Crippen LogP contribution < -0.4 is 5.32 Å². The van der Waals surface area contributed by atoms with Crippen molar-refractivity contribution in [1.82, 2.24) is 9.62 Å². The molecule has 144 valence electrons. The van der Waals surface area contributed by atoms with Gasteiger partial charge in [0.1, 0.15) is 5.82 Å². The summed E-state index contributed by atoms with van der Waals surface area (Å²) in [4.78, 5) is 13.5. The van der Waals surface area contributed by atoms with Gasteiger partial charge in [0.05, 0.1) is 11.4 Å². The molecule has 0 bridgehead atoms. The third kappa shape index (κ3) is 3.41. The minimum Gasteiger partial charge on any atom is -0.351 e. The third-order valence-electron chi connectivity index (χ3n) is 5.65. The van der Waals surface area contributed by atoms with Crippen LogP contribution in [0.4, 0.5) is 4.39 Å². The van der Waals surface area contributed by atoms with Crippen LogP contribution in [0.3, 0.4) is 0 Å². The highest BCUT2D eigenvalue weighted by atomic mass is 32.2. The Balaban J connectivity index is 1.41. The number of hydrogen-bond acceptors (Lipinski definition) is 4. The van der Waals surface area contributed by atoms with Crippen LogP contribution in [0.5, 0.6) is 0 Å². The molecular weight excluding hydrogens is 387 g/mol. The fraction of sp³-hybridized carbons (Fsp3) is 0.421. The van der Waals surface area contributed by atoms with Crippen molar-refractivity contribution in [2.45, 2.75) is 31.2 Å². The molecule has 4 rings (SSSR count). The number of halogens is 1. The summed E-state index contributed by atoms with van der Waals surface area (Å²) in [6.45, 7) is 2.79. The Bertz CT molecular complexity index is 975. The van der Waals surface area contributed by atoms with Gasteiger partial charge in [-0.25, -0.2) is 12.8 Å². The highest BCUT2D eigenvalue weighted by Crippen LogP contribution is 2.59. The number of carbonyl (C=O) groups excluding carboxylic acids is 1. The van der Waals surface area contributed by atoms with E-state index in [4.69, 9.17) is 0 Å². The molecule has 1 saturated heterocycles. The molecule has 1 aromatic carbocycles. The Hall–Kier alpha value is -1.77. The molecule has 1 aliphatic carbocycles. The standard InChI is InChI=1S/C19H21FN2O3S2/c1-13-4-5-15(9-17(13)20)27(24,25)22-7-6-19(12-22)10-16(19)18(23)21-11-14-3-2-8-26-14/h2-5,8-9,16H,6-7,10-12H2,1H3,(H,21,23)/t16-,19+/m1/s1. The molecule has 8 heteroatoms. The lowest BCUT2D eigenvalue weighted by atomic mass is 10.0. The van der Waals surface area contributed by atoms with Crippen LogP contribution in [0, 0.1) is 24.1 Å². The van der Waals surface area contributed by atoms with Crippen molar-refractivity contribution in [3.63, 3.8) is 0 Å². The van der Waals surface area contributed by atoms with Crippen LogP contribution in [0.2, 0.25) is 0 Å². The molecule has 1 amide bonds. The topological polar surface area (TPSA) is 66.5 Å². The average molecular weight is 409 g/mol. The van der Waals surface area contributed by atoms with Crippen molar-refractivity contribution in [1.29, 1.82) is 0 Å². The first-order valence-corrected chi connectivity index (χ1v) is 11.2. The van der Waals surface area contributed by atoms with Gasteiger partial charge in [-0.1, -0.05) is 12.1 Å². The van der Waals surface area contributed by atoms with Crippen LogP contribution in [0.15, 0.2) is 40.6 Å². The second-order valence-corrected chi connectivity index (χ2v) is 10.4. The quantitative estimate of drug-likeness (QED) is 0.827. The molecule has 1 spiro atoms. The Labute approximate surface area is 162 Å². The lowest BCUT2D eigenvalue weighted by Crippen LogP contribution is -2.31. The molecule has 2 heterocycles. The summed E-state index contributed by atoms with van der Waals surface area (Å²) < 4.78 is 40.9. The van der Waals surface area contributed by atoms with Gasteiger partial charge < -0.3 is 5.32 Å². The van der Waals surface area contributed by atoms with Crippen molar-refractivity contribution in [2.24, 2.45) is 11.3 Å². The lowest BCUT2D eigenvalue weighted by molar-refractivity contribution is -0.123. The van der Waals surface area contributed by atoms with E-state index in [0.717, 1.165) is 10.9 Å². The number of rotatable bonds is 5. The SMILES string of the molecule is Cc1ccc(S(=O)(=O)N2CC[C@]3(C[C@@H]3C(=O)NCc3cccs3)C2)cc1F. The van der Waals surface area contributed by atoms with Crippen molar-refractivity contribution in [2.75, 3.05) is 13.1 Å². The van der Waals surface area contributed by atoms with Crippen LogP contribution >= 0.6 is 11.3 Å². The smallest absolute Gasteiger partial charge is 0.243 e. The van der Waals surface area contributed by atoms with Gasteiger partial charge in [-0.05, 0) is 54.3 Å². The van der Waals surface area contributed by atoms with E-state index in [9.17, 15) is 17.6 Å². The molecule has 0 unspecified atom stereocenters. The number of carbonyl (C=O) groups is 1. The third-order valence-corrected chi connectivity index (χ3v) is 8.37. The summed E-state index contributed by atoms with van der Waals surface area (Å²) >= 11 is 1.59. The van der Waals surface area contributed by atoms with E-state index in [1.54, 1.807) is 18.3 Å². The summed E-state index contributed by atoms with van der Waals surface area (Å²) in [6, 6.07) is 7.91. The molecule has 1 N–H and O–H groups in total. The molecule has 5 nitrogen and oxygen atoms in total. The molecule has 1 aliphatic heterocycles. The highest BCUT2D eigenvalue weighted by molar-refractivity contribution is 7.89. The lowest BCUT2D eigenvalue weighted by Gasteiger charge is -2.17. The molecule has 2 fully saturated rings. The van der Waals surface area contributed by atoms with E-state index in [-0.39, 0.29) is 22.1 Å². The molecule has 0 radical (unpaired) electrons. The number of sulfonamides is 1. The Kier molecular flexibility index (Phi) is 4.60. The monoisotopic (exact) mass is 408 g/mol. The maximum Gasteiger partial charge on any atom is 0.243 e. The first kappa shape index (κ1) is 18.6. The minimum atomic E-state index is -3.74. The zero-order valence-electron chi connectivity index (χ0n) is 14.9. The van der Waals surface area contributed by atoms with Crippen molar-refractivity contribution < 1.29 is 17.6 Å². The Morgan fingerprint density at radius 1 is 1.41 bits per heavy atom. The number of aryl methyl sites for hydroxylation is 1. The maximum atomic E-state index is 13.8. The Morgan fingerprint density at radius 3 is 2.93 bits per heavy atom. The van der Waals surface area contributed by atoms with Gasteiger partial charge in [-0.15, -0.1) is 11.3 Å². The fourth-order valence-corrected chi connectivity index (χ4v) is 6.02. The number of benzene rings is 1. The second-order valence-electron chi connectivity index (χ2n) is 7.42. The van der Waals surface area contributed by atoms with Crippen LogP contribution in [0.25, 0.3) is 0 Å². The van der Waals surface area contributed by atoms with E-state index < -0.39 is 15.8 Å². The fourth-order valence-electron chi connectivity index (χ4n) is 3.82. The predicted octanol–water partition coefficient (Wildman–Crippen LogP) is 2.91. The Morgan fingerprint density at radius 2 is 2.22 bits per heavy atom. The number of nitrogens with one attached hydrogen (secondary N) is 1. The number of amides is 1. The number of thiophene rings is 1. The van der Waals surface area contributed by atoms with Gasteiger partial charge >= 0.3 is 0 Å². The van der Waals surface area contributed by atoms with Gasteiger partial charge in [-0.2, -0.15) is 4.31 Å². The van der Waals surface area contributed by atoms with Gasteiger partial charge in [0, 0.05) is 23.9 Å². The van der Waals surface area contributed by atoms with Gasteiger partial charge in [-0.3, -0.25) is 4.79 Å². The minimum absolute atomic E-state index is 0.0102. The average Bonchev–Trinajstić information content (AvgIpc) is 2.99. The van der Waals surface area contributed by atoms with E-state index in [2.05, 4.69) is 5.32 Å². The normalized spacial score (nSPS) is 25.0. The first-order valence-electron chi connectivity index (χ1n) is 8.88. The molecule has 2 atom stereocenters. The van der Waals surface area contributed by atoms with E-state index in [0.29, 0.717) is 38.0 Å². The second kappa shape index (κ2) is 6.68. The summed E-state index contributed by atoms with van der Waals surface area (Å²) in [5.74, 6) is -0.682. The highest BCUT2D eigenvalue weighted by Gasteiger charge is 2.62. The van der Waals surface area contributed by atoms with Crippen molar-refractivity contribution in [3.8, 4) is 0 Å². The predicted molar refractivity (Wildman–Crippen MR) is 101 cm³/mol. The molecule has 1 aromatic heterocycles. The molecule has 2 aliphatic rings. The van der Waals surface area contributed by atoms with Gasteiger partial charge in [0.25, 0.3) is 0 Å². The summed E-state index contributed by atoms with van der Waals surface area (Å²) in [7, 11) is -3.74. The molecular formula is C19H21FN2O3S2. The van der Waals surface area contributed by atoms with Crippen LogP contribution in [0.1, 0.15) is 23.3 Å². The van der Waals surface area contributed by atoms with Crippen LogP contribution in [-0.4, -0.2) is 31.7 Å². The van der Waals surface area contributed by atoms with Crippen molar-refractivity contribution >= 4 is 27.3 Å². The van der Waals surface area contributed by atoms with E-state index >= 15 is 0 Å². The zero-order valence-corrected chi connectivity index (χ0v) is 16.6. The molecule has 2 aromatic rings. The molecule has 1 saturated carbocycles. The van der Waals surface area contributed by atoms with Crippen molar-refractivity contribution in [3.05, 3.63) is 52.0 Å². The molecule has 27 heavy (non-hydrogen) atoms. The van der Waals surface area contributed by atoms with Gasteiger partial charge in [0.15, 0.2) is 0 Å². The van der Waals surface area contributed by atoms with Crippen LogP contribution in [-0.2, 0) is 21.4 Å². The maximum absolute atomic E-state index is 13.8. The number of nitrogens with zero attached hydrogens (tertiary/aromatic N) is 1. The van der Waals surface area contributed by atoms with Gasteiger partial charge in [0.2, 0.25) is 15.9 Å². The summed E-state index contributed by atoms with van der Waals surface area (Å²) in [6.07, 6.45) is 1.37. The largest absolute Gasteiger partial charge is 0.351 e. The summed E-state index contributed by atoms with van der Waals surface area (Å²) in [5, 5.41) is 4.92. The van der Waals surface area contributed by atoms with E-state index in [1.165, 1.54) is 16.4 Å². The first-order chi connectivity index (χ1) is 12.8. The number of hydrogen-bond donors (Lipinski definition) is 1. The van der Waals surface area contributed by atoms with E-state index in [1.807, 2.05) is 17.5 Å². The summed E-state index contributed by atoms with van der Waals surface area (Å²) in [5.41, 5.74) is 0.145. The zero-order chi connectivity index (χ0) is 19.2.